The number of hydrogen-bond acceptors (Lipinski definition) is 4. The number of hydrogen-bond donors (Lipinski definition) is 1. The molecule has 0 aliphatic carbocycles. The summed E-state index contributed by atoms with van der Waals surface area (Å²) in [6.45, 7) is 0.000720. The predicted molar refractivity (Wildman–Crippen MR) is 68.7 cm³/mol. The van der Waals surface area contributed by atoms with E-state index in [1.54, 1.807) is 43.6 Å². The molecule has 1 aromatic heterocycles. The van der Waals surface area contributed by atoms with E-state index in [4.69, 9.17) is 10.00 Å². The van der Waals surface area contributed by atoms with E-state index in [0.29, 0.717) is 17.1 Å². The molecule has 0 unspecified atom stereocenters. The van der Waals surface area contributed by atoms with Gasteiger partial charge in [-0.1, -0.05) is 0 Å². The number of rotatable bonds is 4. The fraction of sp³-hybridized carbons (Fsp3) is 0.154. The molecule has 96 valence electrons. The third-order valence-electron chi connectivity index (χ3n) is 2.47. The van der Waals surface area contributed by atoms with E-state index in [0.717, 1.165) is 0 Å². The Morgan fingerprint density at radius 3 is 2.74 bits per heavy atom. The predicted octanol–water partition coefficient (Wildman–Crippen LogP) is 1.57. The lowest BCUT2D eigenvalue weighted by Crippen LogP contribution is -2.15. The number of benzene rings is 1. The molecular weight excluding hydrogens is 244 g/mol. The van der Waals surface area contributed by atoms with E-state index in [-0.39, 0.29) is 12.5 Å². The molecule has 1 aromatic carbocycles. The summed E-state index contributed by atoms with van der Waals surface area (Å²) < 4.78 is 6.62. The second-order valence-electron chi connectivity index (χ2n) is 3.77. The highest BCUT2D eigenvalue weighted by molar-refractivity contribution is 6.02. The van der Waals surface area contributed by atoms with E-state index >= 15 is 0 Å². The molecule has 0 aliphatic heterocycles. The van der Waals surface area contributed by atoms with Crippen LogP contribution in [0.1, 0.15) is 10.5 Å². The standard InChI is InChI=1S/C13H12N4O2/c1-17-12(6-8-15-17)13(18)16-10-2-4-11(5-3-10)19-9-7-14/h2-6,8H,9H2,1H3,(H,16,18). The zero-order valence-corrected chi connectivity index (χ0v) is 10.3. The highest BCUT2D eigenvalue weighted by atomic mass is 16.5. The Bertz CT molecular complexity index is 610. The van der Waals surface area contributed by atoms with Gasteiger partial charge >= 0.3 is 0 Å². The summed E-state index contributed by atoms with van der Waals surface area (Å²) in [5.41, 5.74) is 1.13. The van der Waals surface area contributed by atoms with Crippen LogP contribution in [-0.4, -0.2) is 22.3 Å². The van der Waals surface area contributed by atoms with Crippen LogP contribution in [0.4, 0.5) is 5.69 Å². The van der Waals surface area contributed by atoms with Crippen molar-refractivity contribution in [2.45, 2.75) is 0 Å². The number of nitrogens with zero attached hydrogens (tertiary/aromatic N) is 3. The Kier molecular flexibility index (Phi) is 3.78. The van der Waals surface area contributed by atoms with Crippen LogP contribution < -0.4 is 10.1 Å². The van der Waals surface area contributed by atoms with Crippen LogP contribution in [0.15, 0.2) is 36.5 Å². The van der Waals surface area contributed by atoms with Gasteiger partial charge in [-0.25, -0.2) is 0 Å². The van der Waals surface area contributed by atoms with Crippen LogP contribution in [0.2, 0.25) is 0 Å². The maximum atomic E-state index is 11.9. The molecule has 6 heteroatoms. The van der Waals surface area contributed by atoms with Gasteiger partial charge in [0.2, 0.25) is 0 Å². The number of ether oxygens (including phenoxy) is 1. The molecule has 2 aromatic rings. The lowest BCUT2D eigenvalue weighted by atomic mass is 10.3. The van der Waals surface area contributed by atoms with Gasteiger partial charge < -0.3 is 10.1 Å². The average Bonchev–Trinajstić information content (AvgIpc) is 2.84. The third-order valence-corrected chi connectivity index (χ3v) is 2.47. The van der Waals surface area contributed by atoms with Crippen LogP contribution in [0, 0.1) is 11.3 Å². The molecule has 1 N–H and O–H groups in total. The number of aryl methyl sites for hydroxylation is 1. The minimum atomic E-state index is -0.231. The molecule has 0 fully saturated rings. The highest BCUT2D eigenvalue weighted by Crippen LogP contribution is 2.16. The van der Waals surface area contributed by atoms with Crippen molar-refractivity contribution in [3.05, 3.63) is 42.2 Å². The highest BCUT2D eigenvalue weighted by Gasteiger charge is 2.09. The molecule has 1 amide bonds. The van der Waals surface area contributed by atoms with Crippen molar-refractivity contribution < 1.29 is 9.53 Å². The SMILES string of the molecule is Cn1nccc1C(=O)Nc1ccc(OCC#N)cc1. The summed E-state index contributed by atoms with van der Waals surface area (Å²) in [6, 6.07) is 10.3. The third kappa shape index (κ3) is 3.10. The molecular formula is C13H12N4O2. The molecule has 0 radical (unpaired) electrons. The summed E-state index contributed by atoms with van der Waals surface area (Å²) >= 11 is 0. The molecule has 0 bridgehead atoms. The molecule has 19 heavy (non-hydrogen) atoms. The van der Waals surface area contributed by atoms with Gasteiger partial charge in [-0.05, 0) is 30.3 Å². The maximum absolute atomic E-state index is 11.9. The number of aromatic nitrogens is 2. The van der Waals surface area contributed by atoms with Gasteiger partial charge in [0, 0.05) is 18.9 Å². The lowest BCUT2D eigenvalue weighted by molar-refractivity contribution is 0.101. The number of carbonyl (C=O) groups is 1. The smallest absolute Gasteiger partial charge is 0.273 e. The first-order valence-corrected chi connectivity index (χ1v) is 5.60. The van der Waals surface area contributed by atoms with Crippen LogP contribution in [0.25, 0.3) is 0 Å². The first kappa shape index (κ1) is 12.6. The molecule has 2 rings (SSSR count). The van der Waals surface area contributed by atoms with E-state index in [1.165, 1.54) is 4.68 Å². The van der Waals surface area contributed by atoms with Crippen molar-refractivity contribution in [2.75, 3.05) is 11.9 Å². The van der Waals surface area contributed by atoms with Crippen LogP contribution in [0.3, 0.4) is 0 Å². The number of nitrogens with one attached hydrogen (secondary N) is 1. The fourth-order valence-corrected chi connectivity index (χ4v) is 1.54. The number of amides is 1. The van der Waals surface area contributed by atoms with Gasteiger partial charge in [0.25, 0.3) is 5.91 Å². The molecule has 6 nitrogen and oxygen atoms in total. The lowest BCUT2D eigenvalue weighted by Gasteiger charge is -2.06. The van der Waals surface area contributed by atoms with Crippen molar-refractivity contribution in [3.8, 4) is 11.8 Å². The van der Waals surface area contributed by atoms with Gasteiger partial charge in [-0.3, -0.25) is 9.48 Å². The van der Waals surface area contributed by atoms with Gasteiger partial charge in [-0.15, -0.1) is 0 Å². The minimum Gasteiger partial charge on any atom is -0.479 e. The first-order chi connectivity index (χ1) is 9.20. The summed E-state index contributed by atoms with van der Waals surface area (Å²) in [7, 11) is 1.70. The summed E-state index contributed by atoms with van der Waals surface area (Å²) in [4.78, 5) is 11.9. The van der Waals surface area contributed by atoms with Gasteiger partial charge in [-0.2, -0.15) is 10.4 Å². The Labute approximate surface area is 110 Å². The Morgan fingerprint density at radius 1 is 1.42 bits per heavy atom. The van der Waals surface area contributed by atoms with Crippen LogP contribution >= 0.6 is 0 Å². The van der Waals surface area contributed by atoms with Gasteiger partial charge in [0.05, 0.1) is 0 Å². The molecule has 1 heterocycles. The first-order valence-electron chi connectivity index (χ1n) is 5.60. The number of nitriles is 1. The Morgan fingerprint density at radius 2 is 2.16 bits per heavy atom. The molecule has 0 atom stereocenters. The largest absolute Gasteiger partial charge is 0.479 e. The second-order valence-corrected chi connectivity index (χ2v) is 3.77. The van der Waals surface area contributed by atoms with Crippen LogP contribution in [0.5, 0.6) is 5.75 Å². The number of carbonyl (C=O) groups excluding carboxylic acids is 1. The van der Waals surface area contributed by atoms with Crippen molar-refractivity contribution in [3.63, 3.8) is 0 Å². The van der Waals surface area contributed by atoms with E-state index < -0.39 is 0 Å². The van der Waals surface area contributed by atoms with Crippen molar-refractivity contribution in [1.82, 2.24) is 9.78 Å². The monoisotopic (exact) mass is 256 g/mol. The quantitative estimate of drug-likeness (QED) is 0.900. The normalized spacial score (nSPS) is 9.68. The summed E-state index contributed by atoms with van der Waals surface area (Å²) in [5, 5.41) is 15.1. The van der Waals surface area contributed by atoms with E-state index in [1.807, 2.05) is 6.07 Å². The zero-order chi connectivity index (χ0) is 13.7. The van der Waals surface area contributed by atoms with E-state index in [9.17, 15) is 4.79 Å². The van der Waals surface area contributed by atoms with Gasteiger partial charge in [0.15, 0.2) is 6.61 Å². The maximum Gasteiger partial charge on any atom is 0.273 e. The second kappa shape index (κ2) is 5.69. The molecule has 0 aliphatic rings. The topological polar surface area (TPSA) is 79.9 Å². The Balaban J connectivity index is 2.02. The fourth-order valence-electron chi connectivity index (χ4n) is 1.54. The van der Waals surface area contributed by atoms with Crippen molar-refractivity contribution >= 4 is 11.6 Å². The molecule has 0 saturated carbocycles. The van der Waals surface area contributed by atoms with Crippen molar-refractivity contribution in [1.29, 1.82) is 5.26 Å². The molecule has 0 saturated heterocycles. The zero-order valence-electron chi connectivity index (χ0n) is 10.3. The average molecular weight is 256 g/mol. The van der Waals surface area contributed by atoms with Crippen molar-refractivity contribution in [2.24, 2.45) is 7.05 Å². The van der Waals surface area contributed by atoms with Gasteiger partial charge in [0.1, 0.15) is 17.5 Å². The summed E-state index contributed by atoms with van der Waals surface area (Å²) in [6.07, 6.45) is 1.56. The summed E-state index contributed by atoms with van der Waals surface area (Å²) in [5.74, 6) is 0.353. The number of anilines is 1. The Hall–Kier alpha value is -2.81. The van der Waals surface area contributed by atoms with E-state index in [2.05, 4.69) is 10.4 Å². The molecule has 0 spiro atoms. The minimum absolute atomic E-state index is 0.000720. The van der Waals surface area contributed by atoms with Crippen LogP contribution in [-0.2, 0) is 7.05 Å².